The van der Waals surface area contributed by atoms with Crippen LogP contribution in [0.5, 0.6) is 0 Å². The molecule has 0 N–H and O–H groups in total. The Balaban J connectivity index is 2.48. The third-order valence-corrected chi connectivity index (χ3v) is 4.78. The Morgan fingerprint density at radius 1 is 0.722 bits per heavy atom. The summed E-state index contributed by atoms with van der Waals surface area (Å²) in [7, 11) is -1.09. The van der Waals surface area contributed by atoms with E-state index >= 15 is 0 Å². The molecule has 0 bridgehead atoms. The molecule has 94 valence electrons. The Kier molecular flexibility index (Phi) is 3.67. The summed E-state index contributed by atoms with van der Waals surface area (Å²) in [5, 5.41) is 0. The molecule has 0 spiro atoms. The first-order valence-electron chi connectivity index (χ1n) is 6.05. The summed E-state index contributed by atoms with van der Waals surface area (Å²) >= 11 is 0. The summed E-state index contributed by atoms with van der Waals surface area (Å²) in [4.78, 5) is 1.82. The van der Waals surface area contributed by atoms with Gasteiger partial charge in [0.05, 0.1) is 10.8 Å². The first-order valence-corrected chi connectivity index (χ1v) is 7.20. The molecule has 0 aliphatic heterocycles. The van der Waals surface area contributed by atoms with E-state index < -0.39 is 10.8 Å². The van der Waals surface area contributed by atoms with Crippen LogP contribution in [0, 0.1) is 27.7 Å². The van der Waals surface area contributed by atoms with E-state index in [1.165, 1.54) is 11.1 Å². The van der Waals surface area contributed by atoms with Gasteiger partial charge in [0.1, 0.15) is 0 Å². The van der Waals surface area contributed by atoms with Crippen molar-refractivity contribution in [2.24, 2.45) is 0 Å². The smallest absolute Gasteiger partial charge is 0.0854 e. The second kappa shape index (κ2) is 5.07. The van der Waals surface area contributed by atoms with Gasteiger partial charge in [-0.05, 0) is 51.0 Å². The minimum Gasteiger partial charge on any atom is -0.249 e. The molecule has 0 aliphatic rings. The quantitative estimate of drug-likeness (QED) is 0.793. The molecular weight excluding hydrogens is 240 g/mol. The lowest BCUT2D eigenvalue weighted by Gasteiger charge is -2.10. The van der Waals surface area contributed by atoms with E-state index in [0.717, 1.165) is 20.9 Å². The molecule has 0 amide bonds. The van der Waals surface area contributed by atoms with Crippen molar-refractivity contribution >= 4 is 10.8 Å². The minimum atomic E-state index is -1.09. The SMILES string of the molecule is Cc1ccc(S(=O)c2ccc(C)cc2C)c(C)c1. The van der Waals surface area contributed by atoms with E-state index in [9.17, 15) is 4.21 Å². The number of benzene rings is 2. The molecule has 1 nitrogen and oxygen atoms in total. The molecule has 0 aromatic heterocycles. The zero-order chi connectivity index (χ0) is 13.3. The second-order valence-electron chi connectivity index (χ2n) is 4.81. The van der Waals surface area contributed by atoms with Crippen molar-refractivity contribution in [1.29, 1.82) is 0 Å². The van der Waals surface area contributed by atoms with Gasteiger partial charge < -0.3 is 0 Å². The predicted molar refractivity (Wildman–Crippen MR) is 76.5 cm³/mol. The van der Waals surface area contributed by atoms with Crippen LogP contribution in [0.15, 0.2) is 46.2 Å². The number of rotatable bonds is 2. The van der Waals surface area contributed by atoms with Crippen LogP contribution in [0.25, 0.3) is 0 Å². The van der Waals surface area contributed by atoms with Crippen molar-refractivity contribution in [3.05, 3.63) is 58.7 Å². The van der Waals surface area contributed by atoms with Gasteiger partial charge in [-0.1, -0.05) is 35.4 Å². The lowest BCUT2D eigenvalue weighted by molar-refractivity contribution is 0.682. The minimum absolute atomic E-state index is 0.910. The Labute approximate surface area is 111 Å². The maximum atomic E-state index is 12.6. The van der Waals surface area contributed by atoms with E-state index in [1.54, 1.807) is 0 Å². The van der Waals surface area contributed by atoms with Crippen LogP contribution < -0.4 is 0 Å². The zero-order valence-electron chi connectivity index (χ0n) is 11.3. The average Bonchev–Trinajstić information content (AvgIpc) is 2.28. The molecule has 0 radical (unpaired) electrons. The van der Waals surface area contributed by atoms with Crippen LogP contribution in [-0.2, 0) is 10.8 Å². The summed E-state index contributed by atoms with van der Waals surface area (Å²) in [5.74, 6) is 0. The van der Waals surface area contributed by atoms with Crippen LogP contribution in [0.4, 0.5) is 0 Å². The van der Waals surface area contributed by atoms with E-state index in [0.29, 0.717) is 0 Å². The largest absolute Gasteiger partial charge is 0.249 e. The number of aryl methyl sites for hydroxylation is 4. The standard InChI is InChI=1S/C16H18OS/c1-11-5-7-15(13(3)9-11)18(17)16-8-6-12(2)10-14(16)4/h5-10H,1-4H3. The molecular formula is C16H18OS. The highest BCUT2D eigenvalue weighted by atomic mass is 32.2. The van der Waals surface area contributed by atoms with Crippen LogP contribution in [-0.4, -0.2) is 4.21 Å². The van der Waals surface area contributed by atoms with Gasteiger partial charge in [-0.2, -0.15) is 0 Å². The third kappa shape index (κ3) is 2.54. The molecule has 0 saturated heterocycles. The normalized spacial score (nSPS) is 10.9. The summed E-state index contributed by atoms with van der Waals surface area (Å²) < 4.78 is 12.6. The molecule has 0 unspecified atom stereocenters. The maximum absolute atomic E-state index is 12.6. The monoisotopic (exact) mass is 258 g/mol. The maximum Gasteiger partial charge on any atom is 0.0854 e. The van der Waals surface area contributed by atoms with Gasteiger partial charge in [-0.3, -0.25) is 0 Å². The molecule has 2 aromatic carbocycles. The predicted octanol–water partition coefficient (Wildman–Crippen LogP) is 4.09. The van der Waals surface area contributed by atoms with Gasteiger partial charge in [0.2, 0.25) is 0 Å². The van der Waals surface area contributed by atoms with Gasteiger partial charge in [-0.25, -0.2) is 4.21 Å². The lowest BCUT2D eigenvalue weighted by Crippen LogP contribution is -1.99. The van der Waals surface area contributed by atoms with Crippen LogP contribution in [0.2, 0.25) is 0 Å². The highest BCUT2D eigenvalue weighted by Crippen LogP contribution is 2.23. The van der Waals surface area contributed by atoms with Crippen molar-refractivity contribution in [1.82, 2.24) is 0 Å². The van der Waals surface area contributed by atoms with Crippen LogP contribution in [0.3, 0.4) is 0 Å². The fourth-order valence-corrected chi connectivity index (χ4v) is 3.46. The molecule has 0 heterocycles. The molecule has 18 heavy (non-hydrogen) atoms. The highest BCUT2D eigenvalue weighted by Gasteiger charge is 2.12. The second-order valence-corrected chi connectivity index (χ2v) is 6.22. The third-order valence-electron chi connectivity index (χ3n) is 3.06. The Morgan fingerprint density at radius 3 is 1.44 bits per heavy atom. The van der Waals surface area contributed by atoms with E-state index in [2.05, 4.69) is 26.0 Å². The van der Waals surface area contributed by atoms with Crippen LogP contribution >= 0.6 is 0 Å². The molecule has 0 atom stereocenters. The first kappa shape index (κ1) is 13.0. The summed E-state index contributed by atoms with van der Waals surface area (Å²) in [5.41, 5.74) is 4.59. The first-order chi connectivity index (χ1) is 8.49. The van der Waals surface area contributed by atoms with Gasteiger partial charge in [0.25, 0.3) is 0 Å². The van der Waals surface area contributed by atoms with Crippen molar-refractivity contribution in [3.63, 3.8) is 0 Å². The molecule has 2 rings (SSSR count). The molecule has 2 aromatic rings. The average molecular weight is 258 g/mol. The van der Waals surface area contributed by atoms with E-state index in [1.807, 2.05) is 38.1 Å². The summed E-state index contributed by atoms with van der Waals surface area (Å²) in [6.07, 6.45) is 0. The van der Waals surface area contributed by atoms with Crippen LogP contribution in [0.1, 0.15) is 22.3 Å². The lowest BCUT2D eigenvalue weighted by atomic mass is 10.2. The molecule has 0 fully saturated rings. The molecule has 0 saturated carbocycles. The van der Waals surface area contributed by atoms with Gasteiger partial charge in [0, 0.05) is 9.79 Å². The highest BCUT2D eigenvalue weighted by molar-refractivity contribution is 7.85. The van der Waals surface area contributed by atoms with E-state index in [-0.39, 0.29) is 0 Å². The van der Waals surface area contributed by atoms with Crippen molar-refractivity contribution in [2.75, 3.05) is 0 Å². The molecule has 2 heteroatoms. The topological polar surface area (TPSA) is 17.1 Å². The molecule has 0 aliphatic carbocycles. The zero-order valence-corrected chi connectivity index (χ0v) is 12.1. The van der Waals surface area contributed by atoms with Crippen molar-refractivity contribution < 1.29 is 4.21 Å². The Morgan fingerprint density at radius 2 is 1.11 bits per heavy atom. The fraction of sp³-hybridized carbons (Fsp3) is 0.250. The Hall–Kier alpha value is -1.41. The number of hydrogen-bond acceptors (Lipinski definition) is 1. The van der Waals surface area contributed by atoms with Gasteiger partial charge in [0.15, 0.2) is 0 Å². The summed E-state index contributed by atoms with van der Waals surface area (Å²) in [6.45, 7) is 8.14. The summed E-state index contributed by atoms with van der Waals surface area (Å²) in [6, 6.07) is 12.1. The van der Waals surface area contributed by atoms with Gasteiger partial charge in [-0.15, -0.1) is 0 Å². The number of hydrogen-bond donors (Lipinski definition) is 0. The van der Waals surface area contributed by atoms with E-state index in [4.69, 9.17) is 0 Å². The van der Waals surface area contributed by atoms with Gasteiger partial charge >= 0.3 is 0 Å². The Bertz CT molecular complexity index is 561. The van der Waals surface area contributed by atoms with Crippen molar-refractivity contribution in [3.8, 4) is 0 Å². The fourth-order valence-electron chi connectivity index (χ4n) is 2.13. The van der Waals surface area contributed by atoms with Crippen molar-refractivity contribution in [2.45, 2.75) is 37.5 Å².